The normalized spacial score (nSPS) is 13.3. The molecule has 2 aromatic heterocycles. The molecule has 6 nitrogen and oxygen atoms in total. The van der Waals surface area contributed by atoms with E-state index in [2.05, 4.69) is 24.1 Å². The summed E-state index contributed by atoms with van der Waals surface area (Å²) in [6, 6.07) is 7.02. The minimum atomic E-state index is -0.186. The zero-order valence-corrected chi connectivity index (χ0v) is 16.4. The number of carbonyl (C=O) groups is 1. The number of benzene rings is 1. The quantitative estimate of drug-likeness (QED) is 0.654. The molecule has 0 saturated heterocycles. The fraction of sp³-hybridized carbons (Fsp3) is 0.364. The fourth-order valence-corrected chi connectivity index (χ4v) is 3.28. The number of hydrogen-bond acceptors (Lipinski definition) is 6. The van der Waals surface area contributed by atoms with Crippen LogP contribution in [-0.4, -0.2) is 30.5 Å². The third kappa shape index (κ3) is 3.60. The van der Waals surface area contributed by atoms with Crippen molar-refractivity contribution in [3.63, 3.8) is 0 Å². The highest BCUT2D eigenvalue weighted by molar-refractivity contribution is 6.09. The predicted molar refractivity (Wildman–Crippen MR) is 106 cm³/mol. The van der Waals surface area contributed by atoms with Crippen LogP contribution in [0, 0.1) is 12.8 Å². The van der Waals surface area contributed by atoms with Crippen molar-refractivity contribution in [1.29, 1.82) is 0 Å². The molecule has 0 unspecified atom stereocenters. The molecule has 1 N–H and O–H groups in total. The number of fused-ring (bicyclic) bond motifs is 2. The molecule has 0 aliphatic carbocycles. The number of aryl methyl sites for hydroxylation is 1. The molecule has 6 heteroatoms. The summed E-state index contributed by atoms with van der Waals surface area (Å²) in [5.74, 6) is 1.92. The molecule has 0 saturated carbocycles. The van der Waals surface area contributed by atoms with Crippen LogP contribution in [0.5, 0.6) is 11.5 Å². The van der Waals surface area contributed by atoms with Crippen LogP contribution in [0.3, 0.4) is 0 Å². The molecule has 28 heavy (non-hydrogen) atoms. The molecule has 3 aromatic rings. The highest BCUT2D eigenvalue weighted by Crippen LogP contribution is 2.32. The molecule has 0 amide bonds. The Morgan fingerprint density at radius 3 is 2.75 bits per heavy atom. The number of nitrogens with one attached hydrogen (secondary N) is 1. The van der Waals surface area contributed by atoms with Crippen molar-refractivity contribution in [2.24, 2.45) is 5.92 Å². The van der Waals surface area contributed by atoms with Gasteiger partial charge in [-0.3, -0.25) is 9.78 Å². The van der Waals surface area contributed by atoms with E-state index in [0.717, 1.165) is 23.2 Å². The topological polar surface area (TPSA) is 73.6 Å². The number of rotatable bonds is 6. The van der Waals surface area contributed by atoms with Crippen molar-refractivity contribution in [2.75, 3.05) is 19.8 Å². The van der Waals surface area contributed by atoms with Gasteiger partial charge in [-0.15, -0.1) is 0 Å². The molecule has 1 aliphatic heterocycles. The highest BCUT2D eigenvalue weighted by Gasteiger charge is 2.20. The Morgan fingerprint density at radius 2 is 1.96 bits per heavy atom. The predicted octanol–water partition coefficient (Wildman–Crippen LogP) is 3.88. The maximum absolute atomic E-state index is 13.0. The number of ketones is 1. The Kier molecular flexibility index (Phi) is 5.05. The number of aromatic nitrogens is 1. The van der Waals surface area contributed by atoms with Crippen LogP contribution >= 0.6 is 0 Å². The molecule has 0 bridgehead atoms. The molecule has 0 fully saturated rings. The van der Waals surface area contributed by atoms with Crippen molar-refractivity contribution in [3.8, 4) is 11.5 Å². The van der Waals surface area contributed by atoms with Gasteiger partial charge >= 0.3 is 0 Å². The second-order valence-corrected chi connectivity index (χ2v) is 7.43. The number of ether oxygens (including phenoxy) is 2. The van der Waals surface area contributed by atoms with Gasteiger partial charge in [0.2, 0.25) is 5.78 Å². The summed E-state index contributed by atoms with van der Waals surface area (Å²) in [6.45, 7) is 8.80. The van der Waals surface area contributed by atoms with Gasteiger partial charge in [-0.25, -0.2) is 0 Å². The van der Waals surface area contributed by atoms with E-state index >= 15 is 0 Å². The number of pyridine rings is 1. The fourth-order valence-electron chi connectivity index (χ4n) is 3.28. The lowest BCUT2D eigenvalue weighted by Gasteiger charge is -2.18. The van der Waals surface area contributed by atoms with Crippen LogP contribution in [-0.2, 0) is 6.54 Å². The number of nitrogens with zero attached hydrogens (tertiary/aromatic N) is 1. The molecule has 1 aliphatic rings. The molecule has 3 heterocycles. The first-order valence-electron chi connectivity index (χ1n) is 9.56. The van der Waals surface area contributed by atoms with Crippen molar-refractivity contribution in [2.45, 2.75) is 27.3 Å². The standard InChI is InChI=1S/C22H24N2O4/c1-13(2)10-23-11-16-12-24-14(3)22-17(16)9-20(28-22)21(25)15-4-5-18-19(8-15)27-7-6-26-18/h4-5,8-9,12-13,23H,6-7,10-11H2,1-3H3. The lowest BCUT2D eigenvalue weighted by molar-refractivity contribution is 0.101. The molecule has 0 radical (unpaired) electrons. The zero-order valence-electron chi connectivity index (χ0n) is 16.4. The molecular formula is C22H24N2O4. The van der Waals surface area contributed by atoms with Gasteiger partial charge in [-0.05, 0) is 49.2 Å². The average molecular weight is 380 g/mol. The van der Waals surface area contributed by atoms with Crippen LogP contribution in [0.25, 0.3) is 11.0 Å². The largest absolute Gasteiger partial charge is 0.486 e. The van der Waals surface area contributed by atoms with E-state index in [1.165, 1.54) is 0 Å². The Bertz CT molecular complexity index is 1020. The van der Waals surface area contributed by atoms with Gasteiger partial charge in [0.05, 0.1) is 5.69 Å². The maximum Gasteiger partial charge on any atom is 0.228 e. The summed E-state index contributed by atoms with van der Waals surface area (Å²) in [5, 5.41) is 4.34. The van der Waals surface area contributed by atoms with E-state index < -0.39 is 0 Å². The number of furan rings is 1. The van der Waals surface area contributed by atoms with E-state index in [4.69, 9.17) is 13.9 Å². The molecule has 1 aromatic carbocycles. The first kappa shape index (κ1) is 18.5. The van der Waals surface area contributed by atoms with Gasteiger partial charge in [0.25, 0.3) is 0 Å². The molecule has 146 valence electrons. The van der Waals surface area contributed by atoms with E-state index in [9.17, 15) is 4.79 Å². The van der Waals surface area contributed by atoms with Gasteiger partial charge in [0.15, 0.2) is 22.8 Å². The molecule has 4 rings (SSSR count). The van der Waals surface area contributed by atoms with Crippen molar-refractivity contribution >= 4 is 16.8 Å². The van der Waals surface area contributed by atoms with Crippen LogP contribution in [0.2, 0.25) is 0 Å². The van der Waals surface area contributed by atoms with Gasteiger partial charge in [-0.1, -0.05) is 13.8 Å². The average Bonchev–Trinajstić information content (AvgIpc) is 3.15. The lowest BCUT2D eigenvalue weighted by atomic mass is 10.1. The summed E-state index contributed by atoms with van der Waals surface area (Å²) in [7, 11) is 0. The Morgan fingerprint density at radius 1 is 1.18 bits per heavy atom. The second-order valence-electron chi connectivity index (χ2n) is 7.43. The van der Waals surface area contributed by atoms with Crippen molar-refractivity contribution in [3.05, 3.63) is 53.0 Å². The maximum atomic E-state index is 13.0. The zero-order chi connectivity index (χ0) is 19.7. The van der Waals surface area contributed by atoms with Crippen LogP contribution in [0.1, 0.15) is 41.2 Å². The van der Waals surface area contributed by atoms with Gasteiger partial charge in [0.1, 0.15) is 13.2 Å². The van der Waals surface area contributed by atoms with E-state index in [1.54, 1.807) is 18.2 Å². The van der Waals surface area contributed by atoms with E-state index in [0.29, 0.717) is 54.1 Å². The highest BCUT2D eigenvalue weighted by atomic mass is 16.6. The van der Waals surface area contributed by atoms with E-state index in [-0.39, 0.29) is 5.78 Å². The van der Waals surface area contributed by atoms with Crippen molar-refractivity contribution < 1.29 is 18.7 Å². The Balaban J connectivity index is 1.65. The molecular weight excluding hydrogens is 356 g/mol. The summed E-state index contributed by atoms with van der Waals surface area (Å²) in [4.78, 5) is 17.4. The first-order valence-corrected chi connectivity index (χ1v) is 9.56. The van der Waals surface area contributed by atoms with Crippen LogP contribution in [0.4, 0.5) is 0 Å². The first-order chi connectivity index (χ1) is 13.5. The molecule has 0 atom stereocenters. The number of carbonyl (C=O) groups excluding carboxylic acids is 1. The van der Waals surface area contributed by atoms with Gasteiger partial charge in [-0.2, -0.15) is 0 Å². The second kappa shape index (κ2) is 7.64. The summed E-state index contributed by atoms with van der Waals surface area (Å²) >= 11 is 0. The third-order valence-electron chi connectivity index (χ3n) is 4.72. The number of hydrogen-bond donors (Lipinski definition) is 1. The minimum Gasteiger partial charge on any atom is -0.486 e. The Hall–Kier alpha value is -2.86. The van der Waals surface area contributed by atoms with Crippen molar-refractivity contribution in [1.82, 2.24) is 10.3 Å². The third-order valence-corrected chi connectivity index (χ3v) is 4.72. The Labute approximate surface area is 163 Å². The SMILES string of the molecule is Cc1ncc(CNCC(C)C)c2cc(C(=O)c3ccc4c(c3)OCCO4)oc12. The van der Waals surface area contributed by atoms with Crippen LogP contribution in [0.15, 0.2) is 34.9 Å². The van der Waals surface area contributed by atoms with Crippen LogP contribution < -0.4 is 14.8 Å². The summed E-state index contributed by atoms with van der Waals surface area (Å²) in [5.41, 5.74) is 2.95. The lowest BCUT2D eigenvalue weighted by Crippen LogP contribution is -2.19. The molecule has 0 spiro atoms. The monoisotopic (exact) mass is 380 g/mol. The van der Waals surface area contributed by atoms with E-state index in [1.807, 2.05) is 19.2 Å². The minimum absolute atomic E-state index is 0.186. The smallest absolute Gasteiger partial charge is 0.228 e. The van der Waals surface area contributed by atoms with Gasteiger partial charge < -0.3 is 19.2 Å². The summed E-state index contributed by atoms with van der Waals surface area (Å²) < 4.78 is 17.0. The van der Waals surface area contributed by atoms with Gasteiger partial charge in [0, 0.05) is 23.7 Å². The summed E-state index contributed by atoms with van der Waals surface area (Å²) in [6.07, 6.45) is 1.85.